The van der Waals surface area contributed by atoms with Gasteiger partial charge in [0, 0.05) is 19.2 Å². The predicted octanol–water partition coefficient (Wildman–Crippen LogP) is 2.01. The van der Waals surface area contributed by atoms with Crippen molar-refractivity contribution in [3.05, 3.63) is 35.9 Å². The smallest absolute Gasteiger partial charge is 0.244 e. The lowest BCUT2D eigenvalue weighted by Crippen LogP contribution is -2.25. The predicted molar refractivity (Wildman–Crippen MR) is 89.1 cm³/mol. The number of anilines is 1. The zero-order valence-electron chi connectivity index (χ0n) is 13.0. The molecule has 1 heterocycles. The number of carbonyl (C=O) groups is 1. The summed E-state index contributed by atoms with van der Waals surface area (Å²) in [7, 11) is -3.14. The van der Waals surface area contributed by atoms with Gasteiger partial charge >= 0.3 is 0 Å². The Hall–Kier alpha value is -1.82. The molecule has 0 aliphatic carbocycles. The highest BCUT2D eigenvalue weighted by atomic mass is 32.2. The van der Waals surface area contributed by atoms with Gasteiger partial charge in [0.2, 0.25) is 15.9 Å². The highest BCUT2D eigenvalue weighted by molar-refractivity contribution is 7.93. The molecule has 0 saturated carbocycles. The van der Waals surface area contributed by atoms with Crippen LogP contribution in [0.25, 0.3) is 6.08 Å². The number of carbonyl (C=O) groups excluding carboxylic acids is 1. The third kappa shape index (κ3) is 4.34. The average molecular weight is 322 g/mol. The first-order valence-electron chi connectivity index (χ1n) is 7.45. The molecule has 120 valence electrons. The molecule has 0 spiro atoms. The topological polar surface area (TPSA) is 66.5 Å². The molecule has 1 aliphatic heterocycles. The third-order valence-electron chi connectivity index (χ3n) is 3.39. The second-order valence-corrected chi connectivity index (χ2v) is 7.82. The van der Waals surface area contributed by atoms with Gasteiger partial charge in [0.15, 0.2) is 0 Å². The SMILES string of the molecule is CC(C)CNC(=O)/C=C/c1ccc(N2CCCS2(=O)=O)cc1. The number of nitrogens with one attached hydrogen (secondary N) is 1. The summed E-state index contributed by atoms with van der Waals surface area (Å²) in [6.45, 7) is 5.26. The summed E-state index contributed by atoms with van der Waals surface area (Å²) in [5.74, 6) is 0.504. The van der Waals surface area contributed by atoms with Crippen molar-refractivity contribution in [2.24, 2.45) is 5.92 Å². The molecule has 2 rings (SSSR count). The van der Waals surface area contributed by atoms with Crippen LogP contribution in [-0.2, 0) is 14.8 Å². The molecule has 6 heteroatoms. The van der Waals surface area contributed by atoms with E-state index in [0.29, 0.717) is 31.1 Å². The Morgan fingerprint density at radius 2 is 2.00 bits per heavy atom. The van der Waals surface area contributed by atoms with Crippen molar-refractivity contribution in [2.75, 3.05) is 23.1 Å². The van der Waals surface area contributed by atoms with Gasteiger partial charge in [-0.1, -0.05) is 26.0 Å². The minimum absolute atomic E-state index is 0.125. The molecule has 1 N–H and O–H groups in total. The van der Waals surface area contributed by atoms with Crippen LogP contribution in [0.3, 0.4) is 0 Å². The van der Waals surface area contributed by atoms with Crippen LogP contribution in [0.15, 0.2) is 30.3 Å². The van der Waals surface area contributed by atoms with Gasteiger partial charge in [0.25, 0.3) is 0 Å². The van der Waals surface area contributed by atoms with Crippen molar-refractivity contribution in [3.63, 3.8) is 0 Å². The standard InChI is InChI=1S/C16H22N2O3S/c1-13(2)12-17-16(19)9-6-14-4-7-15(8-5-14)18-10-3-11-22(18,20)21/h4-9,13H,3,10-12H2,1-2H3,(H,17,19)/b9-6+. The fourth-order valence-electron chi connectivity index (χ4n) is 2.22. The van der Waals surface area contributed by atoms with Crippen molar-refractivity contribution in [1.82, 2.24) is 5.32 Å². The average Bonchev–Trinajstić information content (AvgIpc) is 2.83. The zero-order chi connectivity index (χ0) is 16.2. The number of nitrogens with zero attached hydrogens (tertiary/aromatic N) is 1. The van der Waals surface area contributed by atoms with Crippen molar-refractivity contribution < 1.29 is 13.2 Å². The number of rotatable bonds is 5. The first-order chi connectivity index (χ1) is 10.4. The van der Waals surface area contributed by atoms with E-state index in [1.54, 1.807) is 18.2 Å². The summed E-state index contributed by atoms with van der Waals surface area (Å²) < 4.78 is 25.1. The normalized spacial score (nSPS) is 17.3. The summed E-state index contributed by atoms with van der Waals surface area (Å²) in [4.78, 5) is 11.6. The van der Waals surface area contributed by atoms with Crippen LogP contribution in [0.1, 0.15) is 25.8 Å². The molecule has 0 radical (unpaired) electrons. The van der Waals surface area contributed by atoms with Gasteiger partial charge in [-0.25, -0.2) is 8.42 Å². The molecular formula is C16H22N2O3S. The Morgan fingerprint density at radius 1 is 1.32 bits per heavy atom. The maximum Gasteiger partial charge on any atom is 0.244 e. The molecule has 1 saturated heterocycles. The van der Waals surface area contributed by atoms with E-state index in [9.17, 15) is 13.2 Å². The fraction of sp³-hybridized carbons (Fsp3) is 0.438. The minimum Gasteiger partial charge on any atom is -0.352 e. The summed E-state index contributed by atoms with van der Waals surface area (Å²) in [5.41, 5.74) is 1.54. The zero-order valence-corrected chi connectivity index (χ0v) is 13.8. The fourth-order valence-corrected chi connectivity index (χ4v) is 3.78. The van der Waals surface area contributed by atoms with Gasteiger partial charge in [0.1, 0.15) is 0 Å². The highest BCUT2D eigenvalue weighted by Gasteiger charge is 2.28. The summed E-state index contributed by atoms with van der Waals surface area (Å²) in [6.07, 6.45) is 3.88. The number of hydrogen-bond acceptors (Lipinski definition) is 3. The Kier molecular flexibility index (Phi) is 5.24. The van der Waals surface area contributed by atoms with E-state index in [2.05, 4.69) is 5.32 Å². The second-order valence-electron chi connectivity index (χ2n) is 5.81. The van der Waals surface area contributed by atoms with Gasteiger partial charge in [-0.15, -0.1) is 0 Å². The van der Waals surface area contributed by atoms with E-state index in [1.165, 1.54) is 10.4 Å². The van der Waals surface area contributed by atoms with E-state index >= 15 is 0 Å². The van der Waals surface area contributed by atoms with Crippen LogP contribution in [0, 0.1) is 5.92 Å². The molecular weight excluding hydrogens is 300 g/mol. The summed E-state index contributed by atoms with van der Waals surface area (Å²) >= 11 is 0. The van der Waals surface area contributed by atoms with Crippen molar-refractivity contribution in [1.29, 1.82) is 0 Å². The molecule has 0 aromatic heterocycles. The highest BCUT2D eigenvalue weighted by Crippen LogP contribution is 2.24. The molecule has 22 heavy (non-hydrogen) atoms. The van der Waals surface area contributed by atoms with Crippen molar-refractivity contribution >= 4 is 27.7 Å². The maximum absolute atomic E-state index is 11.8. The van der Waals surface area contributed by atoms with Gasteiger partial charge in [-0.2, -0.15) is 0 Å². The van der Waals surface area contributed by atoms with Crippen LogP contribution in [0.5, 0.6) is 0 Å². The lowest BCUT2D eigenvalue weighted by molar-refractivity contribution is -0.116. The van der Waals surface area contributed by atoms with E-state index in [0.717, 1.165) is 5.56 Å². The number of sulfonamides is 1. The lowest BCUT2D eigenvalue weighted by Gasteiger charge is -2.16. The Morgan fingerprint density at radius 3 is 2.55 bits per heavy atom. The molecule has 0 atom stereocenters. The van der Waals surface area contributed by atoms with Crippen LogP contribution >= 0.6 is 0 Å². The van der Waals surface area contributed by atoms with Crippen molar-refractivity contribution in [2.45, 2.75) is 20.3 Å². The van der Waals surface area contributed by atoms with Gasteiger partial charge in [0.05, 0.1) is 11.4 Å². The molecule has 5 nitrogen and oxygen atoms in total. The maximum atomic E-state index is 11.8. The molecule has 1 aromatic carbocycles. The summed E-state index contributed by atoms with van der Waals surface area (Å²) in [6, 6.07) is 7.17. The van der Waals surface area contributed by atoms with Gasteiger partial charge in [-0.05, 0) is 36.1 Å². The van der Waals surface area contributed by atoms with Crippen LogP contribution in [0.2, 0.25) is 0 Å². The molecule has 0 unspecified atom stereocenters. The number of hydrogen-bond donors (Lipinski definition) is 1. The minimum atomic E-state index is -3.14. The molecule has 1 aromatic rings. The number of benzene rings is 1. The first-order valence-corrected chi connectivity index (χ1v) is 9.06. The summed E-state index contributed by atoms with van der Waals surface area (Å²) in [5, 5.41) is 2.81. The lowest BCUT2D eigenvalue weighted by atomic mass is 10.2. The monoisotopic (exact) mass is 322 g/mol. The van der Waals surface area contributed by atoms with E-state index in [-0.39, 0.29) is 11.7 Å². The molecule has 0 bridgehead atoms. The van der Waals surface area contributed by atoms with Crippen LogP contribution in [-0.4, -0.2) is 33.2 Å². The largest absolute Gasteiger partial charge is 0.352 e. The van der Waals surface area contributed by atoms with Gasteiger partial charge < -0.3 is 5.32 Å². The molecule has 1 fully saturated rings. The molecule has 1 aliphatic rings. The third-order valence-corrected chi connectivity index (χ3v) is 5.26. The van der Waals surface area contributed by atoms with Gasteiger partial charge in [-0.3, -0.25) is 9.10 Å². The van der Waals surface area contributed by atoms with Crippen molar-refractivity contribution in [3.8, 4) is 0 Å². The second kappa shape index (κ2) is 6.96. The molecule has 1 amide bonds. The van der Waals surface area contributed by atoms with Crippen LogP contribution in [0.4, 0.5) is 5.69 Å². The van der Waals surface area contributed by atoms with E-state index < -0.39 is 10.0 Å². The Balaban J connectivity index is 1.99. The number of amides is 1. The first kappa shape index (κ1) is 16.5. The quantitative estimate of drug-likeness (QED) is 0.843. The van der Waals surface area contributed by atoms with Crippen LogP contribution < -0.4 is 9.62 Å². The van der Waals surface area contributed by atoms with E-state index in [4.69, 9.17) is 0 Å². The van der Waals surface area contributed by atoms with E-state index in [1.807, 2.05) is 26.0 Å². The Labute approximate surface area is 132 Å². The Bertz CT molecular complexity index is 648.